The molecule has 1 atom stereocenters. The van der Waals surface area contributed by atoms with Crippen molar-refractivity contribution in [2.75, 3.05) is 0 Å². The third-order valence-electron chi connectivity index (χ3n) is 6.23. The number of ether oxygens (including phenoxy) is 2. The number of nitrogens with one attached hydrogen (secondary N) is 1. The molecule has 0 saturated heterocycles. The summed E-state index contributed by atoms with van der Waals surface area (Å²) in [6.07, 6.45) is 1.41. The highest BCUT2D eigenvalue weighted by Gasteiger charge is 2.38. The molecule has 0 heterocycles. The molecule has 1 rings (SSSR count). The Morgan fingerprint density at radius 1 is 0.897 bits per heavy atom. The van der Waals surface area contributed by atoms with Gasteiger partial charge in [0, 0.05) is 0 Å². The van der Waals surface area contributed by atoms with Gasteiger partial charge in [0.15, 0.2) is 14.1 Å². The SMILES string of the molecule is CC(C)C(C(=O)/C=C/c1ccc(CO[Si](C)(C)C(C)(C)C)cc1)N(NC(=O)OC(C)(C)C)C(=O)OC(C)(C)C. The molecule has 0 spiro atoms. The van der Waals surface area contributed by atoms with E-state index in [1.54, 1.807) is 61.5 Å². The molecule has 0 aliphatic heterocycles. The van der Waals surface area contributed by atoms with E-state index in [2.05, 4.69) is 39.3 Å². The van der Waals surface area contributed by atoms with Crippen molar-refractivity contribution in [2.45, 2.75) is 118 Å². The van der Waals surface area contributed by atoms with Crippen LogP contribution in [0.15, 0.2) is 30.3 Å². The number of hydrogen-bond donors (Lipinski definition) is 1. The van der Waals surface area contributed by atoms with Gasteiger partial charge < -0.3 is 13.9 Å². The van der Waals surface area contributed by atoms with E-state index >= 15 is 0 Å². The molecule has 0 fully saturated rings. The number of carbonyl (C=O) groups is 3. The van der Waals surface area contributed by atoms with Crippen LogP contribution >= 0.6 is 0 Å². The van der Waals surface area contributed by atoms with E-state index in [0.29, 0.717) is 6.61 Å². The molecular formula is C30H50N2O6Si. The lowest BCUT2D eigenvalue weighted by Crippen LogP contribution is -2.58. The number of nitrogens with zero attached hydrogens (tertiary/aromatic N) is 1. The standard InChI is InChI=1S/C30H50N2O6Si/c1-21(2)25(32(27(35)38-29(6,7)8)31-26(34)37-28(3,4)5)24(33)19-18-22-14-16-23(17-15-22)20-36-39(12,13)30(9,10)11/h14-19,21,25H,20H2,1-13H3,(H,31,34)/b19-18+. The molecular weight excluding hydrogens is 512 g/mol. The third-order valence-corrected chi connectivity index (χ3v) is 10.7. The van der Waals surface area contributed by atoms with E-state index in [0.717, 1.165) is 16.1 Å². The summed E-state index contributed by atoms with van der Waals surface area (Å²) >= 11 is 0. The summed E-state index contributed by atoms with van der Waals surface area (Å²) in [6.45, 7) is 25.5. The van der Waals surface area contributed by atoms with E-state index < -0.39 is 37.7 Å². The Balaban J connectivity index is 3.12. The highest BCUT2D eigenvalue weighted by molar-refractivity contribution is 6.74. The Hall–Kier alpha value is -2.65. The summed E-state index contributed by atoms with van der Waals surface area (Å²) in [7, 11) is -1.86. The fraction of sp³-hybridized carbons (Fsp3) is 0.633. The predicted octanol–water partition coefficient (Wildman–Crippen LogP) is 7.49. The van der Waals surface area contributed by atoms with Gasteiger partial charge in [-0.15, -0.1) is 0 Å². The Labute approximate surface area is 236 Å². The quantitative estimate of drug-likeness (QED) is 0.200. The summed E-state index contributed by atoms with van der Waals surface area (Å²) in [6, 6.07) is 6.79. The number of hydrazine groups is 1. The average Bonchev–Trinajstić information content (AvgIpc) is 2.73. The van der Waals surface area contributed by atoms with Gasteiger partial charge in [0.05, 0.1) is 6.61 Å². The second-order valence-corrected chi connectivity index (χ2v) is 18.5. The lowest BCUT2D eigenvalue weighted by atomic mass is 9.98. The molecule has 8 nitrogen and oxygen atoms in total. The van der Waals surface area contributed by atoms with Gasteiger partial charge in [-0.2, -0.15) is 0 Å². The third kappa shape index (κ3) is 12.0. The maximum absolute atomic E-state index is 13.4. The molecule has 0 aliphatic rings. The summed E-state index contributed by atoms with van der Waals surface area (Å²) in [4.78, 5) is 39.0. The maximum Gasteiger partial charge on any atom is 0.430 e. The fourth-order valence-corrected chi connectivity index (χ4v) is 4.14. The summed E-state index contributed by atoms with van der Waals surface area (Å²) in [5.74, 6) is -0.697. The fourth-order valence-electron chi connectivity index (χ4n) is 3.18. The van der Waals surface area contributed by atoms with Crippen LogP contribution in [0, 0.1) is 5.92 Å². The minimum Gasteiger partial charge on any atom is -0.443 e. The maximum atomic E-state index is 13.4. The van der Waals surface area contributed by atoms with Crippen LogP contribution in [-0.2, 0) is 25.3 Å². The second kappa shape index (κ2) is 13.1. The Morgan fingerprint density at radius 3 is 1.85 bits per heavy atom. The average molecular weight is 563 g/mol. The van der Waals surface area contributed by atoms with Crippen molar-refractivity contribution in [1.29, 1.82) is 0 Å². The van der Waals surface area contributed by atoms with Crippen molar-refractivity contribution in [2.24, 2.45) is 5.92 Å². The van der Waals surface area contributed by atoms with Crippen molar-refractivity contribution < 1.29 is 28.3 Å². The van der Waals surface area contributed by atoms with Gasteiger partial charge in [0.1, 0.15) is 17.2 Å². The van der Waals surface area contributed by atoms with Gasteiger partial charge in [0.2, 0.25) is 0 Å². The van der Waals surface area contributed by atoms with Gasteiger partial charge >= 0.3 is 12.2 Å². The minimum atomic E-state index is -1.86. The molecule has 2 amide bonds. The lowest BCUT2D eigenvalue weighted by Gasteiger charge is -2.36. The summed E-state index contributed by atoms with van der Waals surface area (Å²) in [5.41, 5.74) is 2.69. The first-order chi connectivity index (χ1) is 17.5. The molecule has 0 aliphatic carbocycles. The Bertz CT molecular complexity index is 1010. The minimum absolute atomic E-state index is 0.133. The molecule has 0 aromatic heterocycles. The molecule has 1 N–H and O–H groups in total. The highest BCUT2D eigenvalue weighted by Crippen LogP contribution is 2.37. The van der Waals surface area contributed by atoms with Crippen molar-refractivity contribution in [3.05, 3.63) is 41.5 Å². The predicted molar refractivity (Wildman–Crippen MR) is 159 cm³/mol. The van der Waals surface area contributed by atoms with E-state index in [4.69, 9.17) is 13.9 Å². The topological polar surface area (TPSA) is 94.2 Å². The molecule has 0 bridgehead atoms. The second-order valence-electron chi connectivity index (χ2n) is 13.7. The first-order valence-corrected chi connectivity index (χ1v) is 16.4. The summed E-state index contributed by atoms with van der Waals surface area (Å²) in [5, 5.41) is 1.06. The Kier molecular flexibility index (Phi) is 11.6. The molecule has 0 saturated carbocycles. The number of benzene rings is 1. The van der Waals surface area contributed by atoms with Gasteiger partial charge in [-0.05, 0) is 82.8 Å². The normalized spacial score (nSPS) is 13.8. The zero-order valence-corrected chi connectivity index (χ0v) is 27.2. The molecule has 1 aromatic carbocycles. The first kappa shape index (κ1) is 34.4. The van der Waals surface area contributed by atoms with Gasteiger partial charge in [-0.3, -0.25) is 4.79 Å². The molecule has 39 heavy (non-hydrogen) atoms. The van der Waals surface area contributed by atoms with Crippen LogP contribution in [-0.4, -0.2) is 48.5 Å². The van der Waals surface area contributed by atoms with Crippen LogP contribution < -0.4 is 5.43 Å². The Morgan fingerprint density at radius 2 is 1.41 bits per heavy atom. The molecule has 1 aromatic rings. The van der Waals surface area contributed by atoms with Crippen molar-refractivity contribution in [3.63, 3.8) is 0 Å². The lowest BCUT2D eigenvalue weighted by molar-refractivity contribution is -0.122. The van der Waals surface area contributed by atoms with Crippen LogP contribution in [0.1, 0.15) is 87.3 Å². The first-order valence-electron chi connectivity index (χ1n) is 13.5. The summed E-state index contributed by atoms with van der Waals surface area (Å²) < 4.78 is 17.1. The van der Waals surface area contributed by atoms with Crippen LogP contribution in [0.2, 0.25) is 18.1 Å². The van der Waals surface area contributed by atoms with Gasteiger partial charge in [-0.25, -0.2) is 20.0 Å². The zero-order chi connectivity index (χ0) is 30.4. The molecule has 1 unspecified atom stereocenters. The van der Waals surface area contributed by atoms with Crippen LogP contribution in [0.5, 0.6) is 0 Å². The van der Waals surface area contributed by atoms with Crippen LogP contribution in [0.25, 0.3) is 6.08 Å². The number of amides is 2. The number of carbonyl (C=O) groups excluding carboxylic acids is 3. The number of rotatable bonds is 8. The molecule has 9 heteroatoms. The highest BCUT2D eigenvalue weighted by atomic mass is 28.4. The van der Waals surface area contributed by atoms with Crippen molar-refractivity contribution in [3.8, 4) is 0 Å². The van der Waals surface area contributed by atoms with E-state index in [1.165, 1.54) is 6.08 Å². The van der Waals surface area contributed by atoms with Gasteiger partial charge in [-0.1, -0.05) is 65.0 Å². The van der Waals surface area contributed by atoms with Crippen LogP contribution in [0.4, 0.5) is 9.59 Å². The molecule has 220 valence electrons. The number of hydrogen-bond acceptors (Lipinski definition) is 6. The van der Waals surface area contributed by atoms with Crippen molar-refractivity contribution in [1.82, 2.24) is 10.4 Å². The van der Waals surface area contributed by atoms with E-state index in [9.17, 15) is 14.4 Å². The largest absolute Gasteiger partial charge is 0.443 e. The van der Waals surface area contributed by atoms with Crippen LogP contribution in [0.3, 0.4) is 0 Å². The molecule has 0 radical (unpaired) electrons. The smallest absolute Gasteiger partial charge is 0.430 e. The zero-order valence-electron chi connectivity index (χ0n) is 26.2. The monoisotopic (exact) mass is 562 g/mol. The van der Waals surface area contributed by atoms with Gasteiger partial charge in [0.25, 0.3) is 0 Å². The van der Waals surface area contributed by atoms with E-state index in [-0.39, 0.29) is 16.7 Å². The van der Waals surface area contributed by atoms with Crippen molar-refractivity contribution >= 4 is 32.4 Å². The van der Waals surface area contributed by atoms with E-state index in [1.807, 2.05) is 24.3 Å². The number of ketones is 1.